The predicted octanol–water partition coefficient (Wildman–Crippen LogP) is 8.62. The number of likely N-dealkylation sites (tertiary alicyclic amines) is 1. The molecule has 4 heterocycles. The van der Waals surface area contributed by atoms with Crippen LogP contribution < -0.4 is 5.32 Å². The largest absolute Gasteiger partial charge is 0.375 e. The summed E-state index contributed by atoms with van der Waals surface area (Å²) < 4.78 is 70.9. The number of halogens is 3. The molecule has 4 saturated heterocycles. The molecule has 0 spiro atoms. The van der Waals surface area contributed by atoms with E-state index in [0.717, 1.165) is 29.1 Å². The lowest BCUT2D eigenvalue weighted by atomic mass is 9.90. The molecule has 3 aromatic rings. The van der Waals surface area contributed by atoms with Crippen LogP contribution in [0.2, 0.25) is 0 Å². The highest BCUT2D eigenvalue weighted by Crippen LogP contribution is 2.77. The van der Waals surface area contributed by atoms with Crippen LogP contribution in [0.5, 0.6) is 0 Å². The summed E-state index contributed by atoms with van der Waals surface area (Å²) in [6, 6.07) is 20.0. The van der Waals surface area contributed by atoms with Gasteiger partial charge in [-0.05, 0) is 53.8 Å². The Balaban J connectivity index is 1.09. The molecular weight excluding hydrogens is 951 g/mol. The summed E-state index contributed by atoms with van der Waals surface area (Å²) in [5.74, 6) is -2.93. The second-order valence-corrected chi connectivity index (χ2v) is 24.6. The van der Waals surface area contributed by atoms with Crippen LogP contribution in [-0.2, 0) is 38.2 Å². The number of hydrogen-bond acceptors (Lipinski definition) is 12. The number of carbonyl (C=O) groups is 5. The lowest BCUT2D eigenvalue weighted by Gasteiger charge is -2.48. The van der Waals surface area contributed by atoms with E-state index in [4.69, 9.17) is 9.05 Å². The smallest absolute Gasteiger partial charge is 0.351 e. The molecule has 69 heavy (non-hydrogen) atoms. The van der Waals surface area contributed by atoms with Crippen LogP contribution in [0.1, 0.15) is 88.2 Å². The van der Waals surface area contributed by atoms with E-state index in [1.165, 1.54) is 23.1 Å². The summed E-state index contributed by atoms with van der Waals surface area (Å²) in [5.41, 5.74) is -0.322. The van der Waals surface area contributed by atoms with Crippen molar-refractivity contribution >= 4 is 69.8 Å². The van der Waals surface area contributed by atoms with Gasteiger partial charge in [0.25, 0.3) is 17.7 Å². The van der Waals surface area contributed by atoms with Crippen LogP contribution >= 0.6 is 31.1 Å². The van der Waals surface area contributed by atoms with Crippen molar-refractivity contribution in [2.24, 2.45) is 22.7 Å². The van der Waals surface area contributed by atoms with Gasteiger partial charge >= 0.3 is 7.60 Å². The molecule has 0 saturated carbocycles. The summed E-state index contributed by atoms with van der Waals surface area (Å²) in [5, 5.41) is 10.8. The zero-order valence-corrected chi connectivity index (χ0v) is 42.4. The summed E-state index contributed by atoms with van der Waals surface area (Å²) in [6.07, 6.45) is -2.72. The second-order valence-electron chi connectivity index (χ2n) is 20.4. The zero-order chi connectivity index (χ0) is 50.1. The van der Waals surface area contributed by atoms with Crippen molar-refractivity contribution in [1.29, 1.82) is 5.26 Å². The van der Waals surface area contributed by atoms with Gasteiger partial charge < -0.3 is 19.6 Å². The van der Waals surface area contributed by atoms with Crippen molar-refractivity contribution in [3.05, 3.63) is 83.4 Å². The number of fused-ring (bicyclic) bond motifs is 2. The second kappa shape index (κ2) is 21.2. The fourth-order valence-electron chi connectivity index (χ4n) is 9.49. The van der Waals surface area contributed by atoms with E-state index in [0.29, 0.717) is 36.6 Å². The highest BCUT2D eigenvalue weighted by atomic mass is 32.2. The third-order valence-electron chi connectivity index (χ3n) is 13.3. The maximum atomic E-state index is 17.7. The molecule has 0 radical (unpaired) electrons. The van der Waals surface area contributed by atoms with Crippen LogP contribution in [0.15, 0.2) is 66.7 Å². The number of benzene rings is 3. The Kier molecular flexibility index (Phi) is 16.2. The summed E-state index contributed by atoms with van der Waals surface area (Å²) in [7, 11) is -4.52. The lowest BCUT2D eigenvalue weighted by molar-refractivity contribution is -0.149. The molecule has 19 heteroatoms. The topological polar surface area (TPSA) is 166 Å². The molecule has 372 valence electrons. The standard InChI is InChI=1S/C50H61F3N5O8PS2/c1-48(2,3)46(62)68-21-20-65-67(64)50(53,41(66-67)30-69-47(63)49(4,5)6)37-15-14-31-12-13-33(22-34(31)23-37)43(59)55-25-36-26-56(29-42(51)52)19-18-38-16-17-40(58(38)44(36)60)45(61)57-27-35(24-54)39(28-57)32-10-8-7-9-11-32/h7-15,22-23,35-36,38-42H,16-21,25-30H2,1-6H3,(H,55,59)/t35-,36?,38-,39+,40+,41?,50?,67?/m1/s1. The first-order chi connectivity index (χ1) is 32.5. The number of rotatable bonds is 14. The minimum atomic E-state index is -4.52. The zero-order valence-electron chi connectivity index (χ0n) is 39.8. The third kappa shape index (κ3) is 11.4. The molecule has 0 aromatic heterocycles. The van der Waals surface area contributed by atoms with E-state index < -0.39 is 72.6 Å². The fraction of sp³-hybridized carbons (Fsp3) is 0.560. The van der Waals surface area contributed by atoms with Gasteiger partial charge in [-0.15, -0.1) is 0 Å². The molecule has 1 N–H and O–H groups in total. The highest BCUT2D eigenvalue weighted by Gasteiger charge is 2.70. The van der Waals surface area contributed by atoms with Crippen LogP contribution in [-0.4, -0.2) is 125 Å². The van der Waals surface area contributed by atoms with Gasteiger partial charge in [0.15, 0.2) is 10.2 Å². The molecule has 13 nitrogen and oxygen atoms in total. The Hall–Kier alpha value is -4.24. The minimum Gasteiger partial charge on any atom is -0.351 e. The van der Waals surface area contributed by atoms with Gasteiger partial charge in [0.1, 0.15) is 12.1 Å². The van der Waals surface area contributed by atoms with Crippen LogP contribution in [0.3, 0.4) is 0 Å². The average molecular weight is 1010 g/mol. The fourth-order valence-corrected chi connectivity index (χ4v) is 13.7. The van der Waals surface area contributed by atoms with E-state index in [1.807, 2.05) is 30.3 Å². The number of alkyl halides is 3. The van der Waals surface area contributed by atoms with Crippen molar-refractivity contribution in [2.45, 2.75) is 96.7 Å². The van der Waals surface area contributed by atoms with E-state index in [9.17, 15) is 42.6 Å². The molecule has 4 aliphatic heterocycles. The van der Waals surface area contributed by atoms with Gasteiger partial charge in [-0.2, -0.15) is 5.26 Å². The summed E-state index contributed by atoms with van der Waals surface area (Å²) >= 11 is 1.84. The quantitative estimate of drug-likeness (QED) is 0.121. The molecule has 4 unspecified atom stereocenters. The third-order valence-corrected chi connectivity index (χ3v) is 18.3. The van der Waals surface area contributed by atoms with E-state index >= 15 is 4.39 Å². The van der Waals surface area contributed by atoms with Gasteiger partial charge in [-0.25, -0.2) is 13.2 Å². The minimum absolute atomic E-state index is 0.0504. The molecule has 3 amide bonds. The molecule has 0 aliphatic carbocycles. The van der Waals surface area contributed by atoms with Crippen molar-refractivity contribution in [3.63, 3.8) is 0 Å². The Morgan fingerprint density at radius 1 is 0.928 bits per heavy atom. The molecule has 8 atom stereocenters. The van der Waals surface area contributed by atoms with Gasteiger partial charge in [-0.3, -0.25) is 38.0 Å². The normalized spacial score (nSPS) is 27.6. The number of hydrogen-bond donors (Lipinski definition) is 1. The van der Waals surface area contributed by atoms with E-state index in [1.54, 1.807) is 69.5 Å². The predicted molar refractivity (Wildman–Crippen MR) is 260 cm³/mol. The van der Waals surface area contributed by atoms with Crippen molar-refractivity contribution in [1.82, 2.24) is 20.0 Å². The first kappa shape index (κ1) is 52.6. The Labute approximate surface area is 410 Å². The number of amides is 3. The maximum Gasteiger partial charge on any atom is 0.375 e. The number of thioether (sulfide) groups is 2. The molecule has 4 aliphatic rings. The van der Waals surface area contributed by atoms with Gasteiger partial charge in [-0.1, -0.05) is 114 Å². The molecule has 3 aromatic carbocycles. The van der Waals surface area contributed by atoms with Crippen molar-refractivity contribution < 1.29 is 50.8 Å². The van der Waals surface area contributed by atoms with Gasteiger partial charge in [0.2, 0.25) is 11.8 Å². The first-order valence-electron chi connectivity index (χ1n) is 23.4. The lowest BCUT2D eigenvalue weighted by Crippen LogP contribution is -2.56. The monoisotopic (exact) mass is 1010 g/mol. The van der Waals surface area contributed by atoms with Crippen LogP contribution in [0.25, 0.3) is 10.8 Å². The molecule has 0 bridgehead atoms. The molecular formula is C50H61F3N5O8PS2. The van der Waals surface area contributed by atoms with Crippen molar-refractivity contribution in [3.8, 4) is 6.07 Å². The Morgan fingerprint density at radius 3 is 2.30 bits per heavy atom. The van der Waals surface area contributed by atoms with Gasteiger partial charge in [0, 0.05) is 78.1 Å². The Morgan fingerprint density at radius 2 is 1.62 bits per heavy atom. The highest BCUT2D eigenvalue weighted by molar-refractivity contribution is 8.14. The summed E-state index contributed by atoms with van der Waals surface area (Å²) in [6.45, 7) is 10.2. The van der Waals surface area contributed by atoms with Crippen molar-refractivity contribution in [2.75, 3.05) is 57.4 Å². The molecule has 7 rings (SSSR count). The number of carbonyl (C=O) groups excluding carboxylic acids is 5. The number of nitriles is 1. The first-order valence-corrected chi connectivity index (χ1v) is 26.9. The Bertz CT molecular complexity index is 2510. The average Bonchev–Trinajstić information content (AvgIpc) is 3.95. The number of nitrogens with one attached hydrogen (secondary N) is 1. The SMILES string of the molecule is CC(C)(C)C(=O)SCCOP1(=O)OC(CSC(=O)C(C)(C)C)C1(F)c1ccc2ccc(C(=O)NCC3CN(CC(F)F)CC[C@H]4CC[C@@H](C(=O)N5C[C@@H](C#N)[C@H](c6ccccc6)C5)N4C3=O)cc2c1. The van der Waals surface area contributed by atoms with E-state index in [2.05, 4.69) is 11.4 Å². The summed E-state index contributed by atoms with van der Waals surface area (Å²) in [4.78, 5) is 73.0. The van der Waals surface area contributed by atoms with Crippen LogP contribution in [0.4, 0.5) is 13.2 Å². The van der Waals surface area contributed by atoms with Crippen LogP contribution in [0, 0.1) is 34.0 Å². The molecule has 4 fully saturated rings. The van der Waals surface area contributed by atoms with E-state index in [-0.39, 0.29) is 83.5 Å². The van der Waals surface area contributed by atoms with Gasteiger partial charge in [0.05, 0.1) is 31.1 Å². The maximum absolute atomic E-state index is 17.7. The number of nitrogens with zero attached hydrogens (tertiary/aromatic N) is 4.